The number of hydrogen-bond donors (Lipinski definition) is 0. The summed E-state index contributed by atoms with van der Waals surface area (Å²) in [5.41, 5.74) is -1.29. The van der Waals surface area contributed by atoms with Crippen LogP contribution in [-0.2, 0) is 0 Å². The lowest BCUT2D eigenvalue weighted by Crippen LogP contribution is -2.52. The summed E-state index contributed by atoms with van der Waals surface area (Å²) < 4.78 is 85.9. The van der Waals surface area contributed by atoms with Crippen LogP contribution in [0.5, 0.6) is 0 Å². The third-order valence-electron chi connectivity index (χ3n) is 1.80. The summed E-state index contributed by atoms with van der Waals surface area (Å²) in [4.78, 5) is 0. The lowest BCUT2D eigenvalue weighted by atomic mass is 10.0. The molecule has 8 heteroatoms. The maximum atomic E-state index is 12.9. The lowest BCUT2D eigenvalue weighted by molar-refractivity contribution is -0.344. The Hall–Kier alpha value is -0.400. The summed E-state index contributed by atoms with van der Waals surface area (Å²) in [6.45, 7) is 0.551. The molecule has 0 aliphatic rings. The van der Waals surface area contributed by atoms with Crippen molar-refractivity contribution in [1.82, 2.24) is 0 Å². The molecule has 0 saturated carbocycles. The maximum Gasteiger partial charge on any atom is 0.460 e. The van der Waals surface area contributed by atoms with Gasteiger partial charge >= 0.3 is 18.0 Å². The molecule has 0 amide bonds. The molecule has 0 aromatic carbocycles. The molecule has 0 aromatic rings. The topological polar surface area (TPSA) is 0 Å². The monoisotopic (exact) mass is 270 g/mol. The molecule has 0 spiro atoms. The summed E-state index contributed by atoms with van der Waals surface area (Å²) in [5.74, 6) is -11.3. The van der Waals surface area contributed by atoms with Gasteiger partial charge in [-0.05, 0) is 18.8 Å². The Kier molecular flexibility index (Phi) is 4.73. The van der Waals surface area contributed by atoms with Gasteiger partial charge in [0.2, 0.25) is 0 Å². The zero-order valence-corrected chi connectivity index (χ0v) is 9.15. The zero-order chi connectivity index (χ0) is 13.2. The second-order valence-corrected chi connectivity index (χ2v) is 3.90. The highest BCUT2D eigenvalue weighted by Gasteiger charge is 2.73. The van der Waals surface area contributed by atoms with Crippen LogP contribution in [-0.4, -0.2) is 30.0 Å². The average Bonchev–Trinajstić information content (AvgIpc) is 2.11. The summed E-state index contributed by atoms with van der Waals surface area (Å²) in [7, 11) is 0. The van der Waals surface area contributed by atoms with Crippen molar-refractivity contribution < 1.29 is 30.7 Å². The van der Waals surface area contributed by atoms with E-state index in [4.69, 9.17) is 0 Å². The first-order chi connectivity index (χ1) is 6.98. The van der Waals surface area contributed by atoms with Crippen molar-refractivity contribution in [1.29, 1.82) is 0 Å². The van der Waals surface area contributed by atoms with E-state index in [-0.39, 0.29) is 5.75 Å². The third-order valence-corrected chi connectivity index (χ3v) is 2.30. The van der Waals surface area contributed by atoms with Crippen LogP contribution < -0.4 is 0 Å². The average molecular weight is 270 g/mol. The minimum Gasteiger partial charge on any atom is -0.194 e. The molecule has 0 fully saturated rings. The fourth-order valence-electron chi connectivity index (χ4n) is 0.762. The van der Waals surface area contributed by atoms with E-state index in [9.17, 15) is 30.7 Å². The molecule has 0 heterocycles. The number of halogens is 7. The molecule has 0 aliphatic heterocycles. The van der Waals surface area contributed by atoms with Gasteiger partial charge < -0.3 is 0 Å². The molecule has 0 saturated heterocycles. The number of thioether (sulfide) groups is 1. The van der Waals surface area contributed by atoms with Crippen molar-refractivity contribution in [2.24, 2.45) is 0 Å². The van der Waals surface area contributed by atoms with Crippen LogP contribution >= 0.6 is 11.8 Å². The number of hydrogen-bond acceptors (Lipinski definition) is 1. The Morgan fingerprint density at radius 2 is 1.50 bits per heavy atom. The first-order valence-electron chi connectivity index (χ1n) is 3.97. The standard InChI is InChI=1S/C8H9F7S/c1-5(3-4-16-2)6(9,10)7(11,12)8(13,14)15/h3H,4H2,1-2H3. The maximum absolute atomic E-state index is 12.9. The molecule has 0 radical (unpaired) electrons. The van der Waals surface area contributed by atoms with Crippen molar-refractivity contribution in [3.05, 3.63) is 11.6 Å². The van der Waals surface area contributed by atoms with Crippen LogP contribution in [0, 0.1) is 0 Å². The van der Waals surface area contributed by atoms with E-state index in [0.717, 1.165) is 11.8 Å². The highest BCUT2D eigenvalue weighted by Crippen LogP contribution is 2.49. The lowest BCUT2D eigenvalue weighted by Gasteiger charge is -2.28. The van der Waals surface area contributed by atoms with Gasteiger partial charge in [0.05, 0.1) is 0 Å². The van der Waals surface area contributed by atoms with Crippen LogP contribution in [0.2, 0.25) is 0 Å². The Bertz CT molecular complexity index is 266. The normalized spacial score (nSPS) is 15.4. The fraction of sp³-hybridized carbons (Fsp3) is 0.750. The minimum atomic E-state index is -6.27. The Morgan fingerprint density at radius 1 is 1.06 bits per heavy atom. The highest BCUT2D eigenvalue weighted by atomic mass is 32.2. The molecule has 96 valence electrons. The van der Waals surface area contributed by atoms with Gasteiger partial charge in [-0.1, -0.05) is 6.08 Å². The van der Waals surface area contributed by atoms with Crippen LogP contribution in [0.15, 0.2) is 11.6 Å². The quantitative estimate of drug-likeness (QED) is 0.546. The SMILES string of the molecule is CSCC=C(C)C(F)(F)C(F)(F)C(F)(F)F. The molecule has 0 rings (SSSR count). The van der Waals surface area contributed by atoms with Crippen molar-refractivity contribution in [3.8, 4) is 0 Å². The molecule has 0 N–H and O–H groups in total. The zero-order valence-electron chi connectivity index (χ0n) is 8.34. The van der Waals surface area contributed by atoms with Crippen molar-refractivity contribution in [2.45, 2.75) is 24.9 Å². The van der Waals surface area contributed by atoms with Crippen LogP contribution in [0.4, 0.5) is 30.7 Å². The number of allylic oxidation sites excluding steroid dienone is 1. The molecular formula is C8H9F7S. The Labute approximate surface area is 91.9 Å². The smallest absolute Gasteiger partial charge is 0.194 e. The molecule has 0 aromatic heterocycles. The van der Waals surface area contributed by atoms with E-state index >= 15 is 0 Å². The van der Waals surface area contributed by atoms with Crippen LogP contribution in [0.1, 0.15) is 6.92 Å². The summed E-state index contributed by atoms with van der Waals surface area (Å²) in [6, 6.07) is 0. The Morgan fingerprint density at radius 3 is 1.81 bits per heavy atom. The molecular weight excluding hydrogens is 261 g/mol. The Balaban J connectivity index is 5.19. The first-order valence-corrected chi connectivity index (χ1v) is 5.36. The second kappa shape index (κ2) is 4.85. The summed E-state index contributed by atoms with van der Waals surface area (Å²) >= 11 is 1.03. The number of alkyl halides is 7. The van der Waals surface area contributed by atoms with E-state index in [1.165, 1.54) is 6.26 Å². The van der Waals surface area contributed by atoms with Crippen LogP contribution in [0.3, 0.4) is 0 Å². The molecule has 0 aliphatic carbocycles. The van der Waals surface area contributed by atoms with Gasteiger partial charge in [0.25, 0.3) is 0 Å². The van der Waals surface area contributed by atoms with Gasteiger partial charge in [-0.2, -0.15) is 42.5 Å². The summed E-state index contributed by atoms with van der Waals surface area (Å²) in [5, 5.41) is 0. The van der Waals surface area contributed by atoms with E-state index in [2.05, 4.69) is 0 Å². The van der Waals surface area contributed by atoms with Gasteiger partial charge in [-0.15, -0.1) is 0 Å². The third kappa shape index (κ3) is 2.83. The summed E-state index contributed by atoms with van der Waals surface area (Å²) in [6.07, 6.45) is -4.11. The predicted molar refractivity (Wildman–Crippen MR) is 48.1 cm³/mol. The van der Waals surface area contributed by atoms with Gasteiger partial charge in [-0.25, -0.2) is 0 Å². The van der Waals surface area contributed by atoms with E-state index in [0.29, 0.717) is 13.0 Å². The predicted octanol–water partition coefficient (Wildman–Crippen LogP) is 4.13. The van der Waals surface area contributed by atoms with Crippen molar-refractivity contribution >= 4 is 11.8 Å². The largest absolute Gasteiger partial charge is 0.460 e. The molecule has 0 atom stereocenters. The highest BCUT2D eigenvalue weighted by molar-refractivity contribution is 7.98. The second-order valence-electron chi connectivity index (χ2n) is 2.99. The van der Waals surface area contributed by atoms with Gasteiger partial charge in [0, 0.05) is 5.75 Å². The number of rotatable bonds is 4. The first kappa shape index (κ1) is 15.6. The van der Waals surface area contributed by atoms with Crippen molar-refractivity contribution in [2.75, 3.05) is 12.0 Å². The molecule has 16 heavy (non-hydrogen) atoms. The van der Waals surface area contributed by atoms with Crippen molar-refractivity contribution in [3.63, 3.8) is 0 Å². The van der Waals surface area contributed by atoms with Crippen LogP contribution in [0.25, 0.3) is 0 Å². The van der Waals surface area contributed by atoms with Gasteiger partial charge in [0.15, 0.2) is 0 Å². The molecule has 0 unspecified atom stereocenters. The fourth-order valence-corrected chi connectivity index (χ4v) is 1.18. The van der Waals surface area contributed by atoms with Gasteiger partial charge in [-0.3, -0.25) is 0 Å². The van der Waals surface area contributed by atoms with E-state index in [1.54, 1.807) is 0 Å². The van der Waals surface area contributed by atoms with Gasteiger partial charge in [0.1, 0.15) is 0 Å². The molecule has 0 bridgehead atoms. The van der Waals surface area contributed by atoms with E-state index < -0.39 is 23.6 Å². The molecule has 0 nitrogen and oxygen atoms in total. The van der Waals surface area contributed by atoms with E-state index in [1.807, 2.05) is 0 Å². The minimum absolute atomic E-state index is 0.0602.